The summed E-state index contributed by atoms with van der Waals surface area (Å²) >= 11 is 0. The molecular formula is C9H18N2O. The normalized spacial score (nSPS) is 12.8. The molecule has 0 unspecified atom stereocenters. The largest absolute Gasteiger partial charge is 0.484 e. The van der Waals surface area contributed by atoms with E-state index in [1.165, 1.54) is 0 Å². The SMILES string of the molecule is C=N/C(=C\OCNC)C(C)(C)C. The van der Waals surface area contributed by atoms with Crippen LogP contribution < -0.4 is 5.32 Å². The Morgan fingerprint density at radius 3 is 2.50 bits per heavy atom. The predicted octanol–water partition coefficient (Wildman–Crippen LogP) is 1.77. The predicted molar refractivity (Wildman–Crippen MR) is 52.1 cm³/mol. The average molecular weight is 170 g/mol. The highest BCUT2D eigenvalue weighted by molar-refractivity contribution is 5.30. The lowest BCUT2D eigenvalue weighted by molar-refractivity contribution is 0.222. The first-order valence-electron chi connectivity index (χ1n) is 3.96. The van der Waals surface area contributed by atoms with Gasteiger partial charge in [0.25, 0.3) is 0 Å². The molecule has 0 aromatic heterocycles. The Morgan fingerprint density at radius 2 is 2.17 bits per heavy atom. The van der Waals surface area contributed by atoms with Crippen LogP contribution >= 0.6 is 0 Å². The molecule has 0 amide bonds. The van der Waals surface area contributed by atoms with Crippen molar-refractivity contribution in [3.05, 3.63) is 12.0 Å². The van der Waals surface area contributed by atoms with Crippen LogP contribution in [-0.2, 0) is 4.74 Å². The maximum Gasteiger partial charge on any atom is 0.138 e. The van der Waals surface area contributed by atoms with Crippen LogP contribution in [0.5, 0.6) is 0 Å². The van der Waals surface area contributed by atoms with Crippen molar-refractivity contribution in [3.8, 4) is 0 Å². The molecule has 0 saturated carbocycles. The van der Waals surface area contributed by atoms with E-state index in [-0.39, 0.29) is 5.41 Å². The summed E-state index contributed by atoms with van der Waals surface area (Å²) in [5.41, 5.74) is 0.855. The van der Waals surface area contributed by atoms with E-state index in [2.05, 4.69) is 37.8 Å². The van der Waals surface area contributed by atoms with Crippen LogP contribution in [-0.4, -0.2) is 20.5 Å². The monoisotopic (exact) mass is 170 g/mol. The van der Waals surface area contributed by atoms with E-state index in [0.29, 0.717) is 6.73 Å². The van der Waals surface area contributed by atoms with Crippen LogP contribution in [0.3, 0.4) is 0 Å². The van der Waals surface area contributed by atoms with Crippen LogP contribution in [0.2, 0.25) is 0 Å². The number of aliphatic imine (C=N–C) groups is 1. The second-order valence-electron chi connectivity index (χ2n) is 3.58. The first kappa shape index (κ1) is 11.2. The van der Waals surface area contributed by atoms with Gasteiger partial charge in [-0.05, 0) is 13.8 Å². The van der Waals surface area contributed by atoms with Crippen molar-refractivity contribution in [2.45, 2.75) is 20.8 Å². The van der Waals surface area contributed by atoms with Crippen molar-refractivity contribution in [1.29, 1.82) is 0 Å². The lowest BCUT2D eigenvalue weighted by Gasteiger charge is -2.18. The lowest BCUT2D eigenvalue weighted by atomic mass is 9.93. The third-order valence-electron chi connectivity index (χ3n) is 1.36. The van der Waals surface area contributed by atoms with Gasteiger partial charge in [-0.25, -0.2) is 0 Å². The summed E-state index contributed by atoms with van der Waals surface area (Å²) < 4.78 is 5.16. The highest BCUT2D eigenvalue weighted by atomic mass is 16.5. The fourth-order valence-electron chi connectivity index (χ4n) is 0.655. The molecule has 0 aliphatic carbocycles. The highest BCUT2D eigenvalue weighted by Gasteiger charge is 2.15. The molecule has 1 N–H and O–H groups in total. The lowest BCUT2D eigenvalue weighted by Crippen LogP contribution is -2.12. The Balaban J connectivity index is 4.14. The molecule has 0 rings (SSSR count). The van der Waals surface area contributed by atoms with E-state index in [1.807, 2.05) is 7.05 Å². The molecule has 0 aromatic rings. The fourth-order valence-corrected chi connectivity index (χ4v) is 0.655. The van der Waals surface area contributed by atoms with Gasteiger partial charge in [0.1, 0.15) is 13.0 Å². The summed E-state index contributed by atoms with van der Waals surface area (Å²) in [5.74, 6) is 0. The molecule has 3 heteroatoms. The number of hydrogen-bond acceptors (Lipinski definition) is 3. The zero-order valence-corrected chi connectivity index (χ0v) is 8.35. The van der Waals surface area contributed by atoms with Gasteiger partial charge in [-0.3, -0.25) is 10.3 Å². The minimum atomic E-state index is -0.00447. The van der Waals surface area contributed by atoms with Gasteiger partial charge < -0.3 is 4.74 Å². The molecule has 0 heterocycles. The molecule has 0 bridgehead atoms. The first-order chi connectivity index (χ1) is 5.52. The van der Waals surface area contributed by atoms with E-state index in [9.17, 15) is 0 Å². The van der Waals surface area contributed by atoms with E-state index < -0.39 is 0 Å². The van der Waals surface area contributed by atoms with Gasteiger partial charge in [0.05, 0.1) is 5.70 Å². The average Bonchev–Trinajstić information content (AvgIpc) is 1.95. The highest BCUT2D eigenvalue weighted by Crippen LogP contribution is 2.25. The van der Waals surface area contributed by atoms with Crippen molar-refractivity contribution >= 4 is 6.72 Å². The molecule has 0 aliphatic heterocycles. The van der Waals surface area contributed by atoms with E-state index in [0.717, 1.165) is 5.70 Å². The minimum Gasteiger partial charge on any atom is -0.484 e. The van der Waals surface area contributed by atoms with Crippen molar-refractivity contribution in [2.24, 2.45) is 10.4 Å². The molecule has 0 radical (unpaired) electrons. The molecule has 12 heavy (non-hydrogen) atoms. The molecule has 0 aliphatic rings. The van der Waals surface area contributed by atoms with Crippen molar-refractivity contribution in [1.82, 2.24) is 5.32 Å². The maximum atomic E-state index is 5.16. The van der Waals surface area contributed by atoms with E-state index in [4.69, 9.17) is 4.74 Å². The fraction of sp³-hybridized carbons (Fsp3) is 0.667. The standard InChI is InChI=1S/C9H18N2O/c1-9(2,3)8(11-5)6-12-7-10-4/h6,10H,5,7H2,1-4H3/b8-6-. The second kappa shape index (κ2) is 4.93. The number of nitrogens with one attached hydrogen (secondary N) is 1. The molecule has 0 saturated heterocycles. The summed E-state index contributed by atoms with van der Waals surface area (Å²) in [6, 6.07) is 0. The van der Waals surface area contributed by atoms with Crippen LogP contribution in [0.25, 0.3) is 0 Å². The van der Waals surface area contributed by atoms with Crippen LogP contribution in [0, 0.1) is 5.41 Å². The van der Waals surface area contributed by atoms with Crippen molar-refractivity contribution in [2.75, 3.05) is 13.8 Å². The summed E-state index contributed by atoms with van der Waals surface area (Å²) in [5, 5.41) is 2.87. The smallest absolute Gasteiger partial charge is 0.138 e. The number of hydrogen-bond donors (Lipinski definition) is 1. The van der Waals surface area contributed by atoms with Gasteiger partial charge in [0.15, 0.2) is 0 Å². The van der Waals surface area contributed by atoms with Gasteiger partial charge in [-0.1, -0.05) is 20.8 Å². The van der Waals surface area contributed by atoms with Crippen LogP contribution in [0.4, 0.5) is 0 Å². The Bertz CT molecular complexity index is 168. The Kier molecular flexibility index (Phi) is 4.59. The van der Waals surface area contributed by atoms with Crippen molar-refractivity contribution in [3.63, 3.8) is 0 Å². The van der Waals surface area contributed by atoms with Gasteiger partial charge >= 0.3 is 0 Å². The van der Waals surface area contributed by atoms with Gasteiger partial charge in [-0.15, -0.1) is 0 Å². The molecule has 0 fully saturated rings. The van der Waals surface area contributed by atoms with Crippen LogP contribution in [0.15, 0.2) is 17.0 Å². The third kappa shape index (κ3) is 4.13. The number of allylic oxidation sites excluding steroid dienone is 1. The number of rotatable bonds is 4. The molecule has 0 spiro atoms. The van der Waals surface area contributed by atoms with E-state index in [1.54, 1.807) is 6.26 Å². The molecule has 0 aromatic carbocycles. The van der Waals surface area contributed by atoms with Gasteiger partial charge in [0, 0.05) is 5.41 Å². The van der Waals surface area contributed by atoms with Gasteiger partial charge in [-0.2, -0.15) is 0 Å². The molecular weight excluding hydrogens is 152 g/mol. The molecule has 3 nitrogen and oxygen atoms in total. The third-order valence-corrected chi connectivity index (χ3v) is 1.36. The number of nitrogens with zero attached hydrogens (tertiary/aromatic N) is 1. The van der Waals surface area contributed by atoms with Crippen LogP contribution in [0.1, 0.15) is 20.8 Å². The Hall–Kier alpha value is -0.830. The summed E-state index contributed by atoms with van der Waals surface area (Å²) in [6.45, 7) is 10.2. The quantitative estimate of drug-likeness (QED) is 0.302. The summed E-state index contributed by atoms with van der Waals surface area (Å²) in [4.78, 5) is 3.89. The van der Waals surface area contributed by atoms with Gasteiger partial charge in [0.2, 0.25) is 0 Å². The topological polar surface area (TPSA) is 33.6 Å². The Labute approximate surface area is 74.5 Å². The van der Waals surface area contributed by atoms with E-state index >= 15 is 0 Å². The maximum absolute atomic E-state index is 5.16. The molecule has 70 valence electrons. The zero-order valence-electron chi connectivity index (χ0n) is 8.35. The Morgan fingerprint density at radius 1 is 1.58 bits per heavy atom. The number of ether oxygens (including phenoxy) is 1. The van der Waals surface area contributed by atoms with Crippen molar-refractivity contribution < 1.29 is 4.74 Å². The zero-order chi connectivity index (χ0) is 9.61. The molecule has 0 atom stereocenters. The summed E-state index contributed by atoms with van der Waals surface area (Å²) in [6.07, 6.45) is 1.64. The second-order valence-corrected chi connectivity index (χ2v) is 3.58. The summed E-state index contributed by atoms with van der Waals surface area (Å²) in [7, 11) is 1.83. The minimum absolute atomic E-state index is 0.00447. The first-order valence-corrected chi connectivity index (χ1v) is 3.96.